The number of benzene rings is 1. The number of β-amino-alcohol motifs (C(OH)–C–C–N with tert-alkyl or cyclic N) is 1. The molecule has 0 bridgehead atoms. The smallest absolute Gasteiger partial charge is 0.249 e. The highest BCUT2D eigenvalue weighted by atomic mass is 32.1. The van der Waals surface area contributed by atoms with Gasteiger partial charge in [-0.15, -0.1) is 11.3 Å². The van der Waals surface area contributed by atoms with Gasteiger partial charge < -0.3 is 15.3 Å². The third kappa shape index (κ3) is 3.88. The normalized spacial score (nSPS) is 19.6. The second-order valence-electron chi connectivity index (χ2n) is 6.07. The first kappa shape index (κ1) is 18.4. The second-order valence-corrected chi connectivity index (χ2v) is 7.19. The Morgan fingerprint density at radius 1 is 1.38 bits per heavy atom. The zero-order chi connectivity index (χ0) is 18.8. The lowest BCUT2D eigenvalue weighted by Crippen LogP contribution is -2.42. The van der Waals surface area contributed by atoms with Crippen LogP contribution in [0, 0.1) is 11.6 Å². The Hall–Kier alpha value is -2.39. The van der Waals surface area contributed by atoms with E-state index in [0.29, 0.717) is 4.88 Å². The van der Waals surface area contributed by atoms with Crippen LogP contribution in [0.2, 0.25) is 0 Å². The van der Waals surface area contributed by atoms with Crippen molar-refractivity contribution >= 4 is 28.3 Å². The number of carbonyl (C=O) groups is 2. The molecule has 2 N–H and O–H groups in total. The molecular formula is C17H17F2N3O3S. The van der Waals surface area contributed by atoms with Crippen LogP contribution in [-0.2, 0) is 16.0 Å². The predicted molar refractivity (Wildman–Crippen MR) is 91.7 cm³/mol. The number of aliphatic hydroxyl groups excluding tert-OH is 1. The summed E-state index contributed by atoms with van der Waals surface area (Å²) >= 11 is 1.10. The maximum Gasteiger partial charge on any atom is 0.249 e. The van der Waals surface area contributed by atoms with Gasteiger partial charge in [-0.25, -0.2) is 13.8 Å². The van der Waals surface area contributed by atoms with Crippen LogP contribution in [0.5, 0.6) is 0 Å². The number of hydrogen-bond acceptors (Lipinski definition) is 5. The Balaban J connectivity index is 1.69. The average molecular weight is 381 g/mol. The minimum atomic E-state index is -0.765. The van der Waals surface area contributed by atoms with Crippen molar-refractivity contribution in [2.45, 2.75) is 31.9 Å². The summed E-state index contributed by atoms with van der Waals surface area (Å²) in [6.07, 6.45) is 0.876. The minimum absolute atomic E-state index is 0.0216. The molecule has 0 aliphatic carbocycles. The first-order chi connectivity index (χ1) is 12.3. The molecule has 9 heteroatoms. The van der Waals surface area contributed by atoms with Crippen LogP contribution in [-0.4, -0.2) is 45.5 Å². The van der Waals surface area contributed by atoms with Crippen LogP contribution < -0.4 is 5.32 Å². The number of nitrogens with zero attached hydrogens (tertiary/aromatic N) is 2. The Kier molecular flexibility index (Phi) is 5.28. The van der Waals surface area contributed by atoms with Gasteiger partial charge in [-0.1, -0.05) is 6.07 Å². The number of likely N-dealkylation sites (tertiary alicyclic amines) is 1. The van der Waals surface area contributed by atoms with Crippen molar-refractivity contribution in [3.8, 4) is 0 Å². The van der Waals surface area contributed by atoms with Gasteiger partial charge in [0, 0.05) is 42.9 Å². The number of amides is 2. The summed E-state index contributed by atoms with van der Waals surface area (Å²) in [7, 11) is 0. The average Bonchev–Trinajstić information content (AvgIpc) is 3.17. The number of halogens is 2. The van der Waals surface area contributed by atoms with E-state index in [4.69, 9.17) is 0 Å². The standard InChI is InChI=1S/C17H17F2N3O3S/c1-9(23)22-8-10(24)5-15(22)16(25)21-17-20-7-11(26-17)6-12-13(18)3-2-4-14(12)19/h2-4,7,10,15,24H,5-6,8H2,1H3,(H,20,21,25)/t10-,15-/m1/s1. The molecule has 2 atom stereocenters. The van der Waals surface area contributed by atoms with Crippen molar-refractivity contribution in [2.75, 3.05) is 11.9 Å². The Morgan fingerprint density at radius 2 is 2.08 bits per heavy atom. The third-order valence-corrected chi connectivity index (χ3v) is 5.10. The van der Waals surface area contributed by atoms with E-state index in [1.54, 1.807) is 0 Å². The molecular weight excluding hydrogens is 364 g/mol. The molecule has 1 aliphatic rings. The van der Waals surface area contributed by atoms with Crippen molar-refractivity contribution in [2.24, 2.45) is 0 Å². The molecule has 2 heterocycles. The number of hydrogen-bond donors (Lipinski definition) is 2. The van der Waals surface area contributed by atoms with E-state index in [0.717, 1.165) is 11.3 Å². The van der Waals surface area contributed by atoms with Crippen LogP contribution in [0.1, 0.15) is 23.8 Å². The summed E-state index contributed by atoms with van der Waals surface area (Å²) in [6, 6.07) is 2.90. The van der Waals surface area contributed by atoms with Crippen molar-refractivity contribution in [1.82, 2.24) is 9.88 Å². The fourth-order valence-electron chi connectivity index (χ4n) is 2.92. The number of aromatic nitrogens is 1. The molecule has 0 saturated carbocycles. The highest BCUT2D eigenvalue weighted by molar-refractivity contribution is 7.15. The second kappa shape index (κ2) is 7.46. The summed E-state index contributed by atoms with van der Waals surface area (Å²) in [5.41, 5.74) is -0.0595. The summed E-state index contributed by atoms with van der Waals surface area (Å²) in [5.74, 6) is -2.02. The number of aliphatic hydroxyl groups is 1. The first-order valence-corrected chi connectivity index (χ1v) is 8.80. The summed E-state index contributed by atoms with van der Waals surface area (Å²) in [5, 5.41) is 12.6. The van der Waals surface area contributed by atoms with Crippen molar-refractivity contribution in [3.63, 3.8) is 0 Å². The van der Waals surface area contributed by atoms with E-state index >= 15 is 0 Å². The molecule has 1 aliphatic heterocycles. The Labute approximate surface area is 152 Å². The third-order valence-electron chi connectivity index (χ3n) is 4.18. The van der Waals surface area contributed by atoms with Gasteiger partial charge in [0.15, 0.2) is 5.13 Å². The van der Waals surface area contributed by atoms with Gasteiger partial charge in [0.25, 0.3) is 0 Å². The summed E-state index contributed by atoms with van der Waals surface area (Å²) in [6.45, 7) is 1.45. The van der Waals surface area contributed by atoms with Crippen LogP contribution in [0.4, 0.5) is 13.9 Å². The van der Waals surface area contributed by atoms with E-state index < -0.39 is 29.7 Å². The van der Waals surface area contributed by atoms with Crippen LogP contribution in [0.25, 0.3) is 0 Å². The quantitative estimate of drug-likeness (QED) is 0.848. The number of rotatable bonds is 4. The van der Waals surface area contributed by atoms with Crippen LogP contribution in [0.15, 0.2) is 24.4 Å². The minimum Gasteiger partial charge on any atom is -0.391 e. The molecule has 0 spiro atoms. The molecule has 3 rings (SSSR count). The molecule has 26 heavy (non-hydrogen) atoms. The number of anilines is 1. The van der Waals surface area contributed by atoms with E-state index in [2.05, 4.69) is 10.3 Å². The van der Waals surface area contributed by atoms with Crippen molar-refractivity contribution in [3.05, 3.63) is 46.5 Å². The van der Waals surface area contributed by atoms with Crippen LogP contribution >= 0.6 is 11.3 Å². The highest BCUT2D eigenvalue weighted by Crippen LogP contribution is 2.25. The zero-order valence-corrected chi connectivity index (χ0v) is 14.7. The lowest BCUT2D eigenvalue weighted by atomic mass is 10.1. The Morgan fingerprint density at radius 3 is 2.73 bits per heavy atom. The largest absolute Gasteiger partial charge is 0.391 e. The molecule has 1 aromatic heterocycles. The fourth-order valence-corrected chi connectivity index (χ4v) is 3.75. The SMILES string of the molecule is CC(=O)N1C[C@H](O)C[C@@H]1C(=O)Nc1ncc(Cc2c(F)cccc2F)s1. The molecule has 0 radical (unpaired) electrons. The Bertz CT molecular complexity index is 822. The summed E-state index contributed by atoms with van der Waals surface area (Å²) in [4.78, 5) is 29.9. The van der Waals surface area contributed by atoms with E-state index in [-0.39, 0.29) is 36.0 Å². The lowest BCUT2D eigenvalue weighted by molar-refractivity contribution is -0.134. The molecule has 6 nitrogen and oxygen atoms in total. The van der Waals surface area contributed by atoms with Gasteiger partial charge in [-0.05, 0) is 12.1 Å². The predicted octanol–water partition coefficient (Wildman–Crippen LogP) is 1.93. The fraction of sp³-hybridized carbons (Fsp3) is 0.353. The van der Waals surface area contributed by atoms with Crippen molar-refractivity contribution in [1.29, 1.82) is 0 Å². The topological polar surface area (TPSA) is 82.5 Å². The molecule has 138 valence electrons. The van der Waals surface area contributed by atoms with Gasteiger partial charge in [0.05, 0.1) is 6.10 Å². The van der Waals surface area contributed by atoms with E-state index in [1.807, 2.05) is 0 Å². The highest BCUT2D eigenvalue weighted by Gasteiger charge is 2.37. The maximum atomic E-state index is 13.7. The van der Waals surface area contributed by atoms with Crippen LogP contribution in [0.3, 0.4) is 0 Å². The van der Waals surface area contributed by atoms with Gasteiger partial charge in [0.1, 0.15) is 17.7 Å². The molecule has 0 unspecified atom stereocenters. The maximum absolute atomic E-state index is 13.7. The van der Waals surface area contributed by atoms with Gasteiger partial charge in [-0.2, -0.15) is 0 Å². The van der Waals surface area contributed by atoms with E-state index in [1.165, 1.54) is 36.2 Å². The van der Waals surface area contributed by atoms with E-state index in [9.17, 15) is 23.5 Å². The van der Waals surface area contributed by atoms with Crippen molar-refractivity contribution < 1.29 is 23.5 Å². The van der Waals surface area contributed by atoms with Gasteiger partial charge in [-0.3, -0.25) is 9.59 Å². The molecule has 1 aromatic carbocycles. The monoisotopic (exact) mass is 381 g/mol. The van der Waals surface area contributed by atoms with Gasteiger partial charge in [0.2, 0.25) is 11.8 Å². The zero-order valence-electron chi connectivity index (χ0n) is 13.9. The molecule has 1 saturated heterocycles. The first-order valence-electron chi connectivity index (χ1n) is 7.99. The van der Waals surface area contributed by atoms with Gasteiger partial charge >= 0.3 is 0 Å². The molecule has 2 amide bonds. The molecule has 2 aromatic rings. The lowest BCUT2D eigenvalue weighted by Gasteiger charge is -2.21. The number of thiazole rings is 1. The number of nitrogens with one attached hydrogen (secondary N) is 1. The number of carbonyl (C=O) groups excluding carboxylic acids is 2. The molecule has 1 fully saturated rings. The summed E-state index contributed by atoms with van der Waals surface area (Å²) < 4.78 is 27.5.